The molecule has 0 fully saturated rings. The molecule has 1 unspecified atom stereocenters. The quantitative estimate of drug-likeness (QED) is 0.513. The standard InChI is InChI=1S/C25H23N3O2/c1-18-13-15-20(16-14-18)23(19-9-5-3-6-10-19)26-25(29)24-22(30-2)17-28(27-24)21-11-7-4-8-12-21/h3-17,23H,1-2H3,(H,26,29). The second-order valence-corrected chi connectivity index (χ2v) is 7.05. The number of aryl methyl sites for hydroxylation is 1. The van der Waals surface area contributed by atoms with Gasteiger partial charge in [0, 0.05) is 0 Å². The summed E-state index contributed by atoms with van der Waals surface area (Å²) in [4.78, 5) is 13.2. The van der Waals surface area contributed by atoms with Crippen molar-refractivity contribution in [2.75, 3.05) is 7.11 Å². The monoisotopic (exact) mass is 397 g/mol. The number of nitrogens with zero attached hydrogens (tertiary/aromatic N) is 2. The number of carbonyl (C=O) groups is 1. The highest BCUT2D eigenvalue weighted by atomic mass is 16.5. The van der Waals surface area contributed by atoms with Crippen molar-refractivity contribution in [2.24, 2.45) is 0 Å². The molecule has 4 rings (SSSR count). The third-order valence-electron chi connectivity index (χ3n) is 4.96. The van der Waals surface area contributed by atoms with E-state index in [0.717, 1.165) is 16.8 Å². The number of amides is 1. The molecule has 4 aromatic rings. The van der Waals surface area contributed by atoms with Crippen molar-refractivity contribution in [1.29, 1.82) is 0 Å². The van der Waals surface area contributed by atoms with Crippen LogP contribution in [0.25, 0.3) is 5.69 Å². The van der Waals surface area contributed by atoms with E-state index in [2.05, 4.69) is 10.4 Å². The summed E-state index contributed by atoms with van der Waals surface area (Å²) in [7, 11) is 1.54. The normalized spacial score (nSPS) is 11.7. The van der Waals surface area contributed by atoms with Crippen LogP contribution in [0.15, 0.2) is 91.1 Å². The minimum Gasteiger partial charge on any atom is -0.493 e. The van der Waals surface area contributed by atoms with Crippen LogP contribution in [0.5, 0.6) is 5.75 Å². The Labute approximate surface area is 175 Å². The number of para-hydroxylation sites is 1. The van der Waals surface area contributed by atoms with E-state index in [4.69, 9.17) is 4.74 Å². The molecule has 0 saturated carbocycles. The van der Waals surface area contributed by atoms with E-state index < -0.39 is 0 Å². The lowest BCUT2D eigenvalue weighted by Gasteiger charge is -2.20. The molecule has 0 radical (unpaired) electrons. The first kappa shape index (κ1) is 19.5. The molecular weight excluding hydrogens is 374 g/mol. The van der Waals surface area contributed by atoms with Gasteiger partial charge in [-0.25, -0.2) is 4.68 Å². The summed E-state index contributed by atoms with van der Waals surface area (Å²) < 4.78 is 7.08. The van der Waals surface area contributed by atoms with Gasteiger partial charge in [-0.3, -0.25) is 4.79 Å². The second kappa shape index (κ2) is 8.66. The molecule has 0 aliphatic carbocycles. The van der Waals surface area contributed by atoms with Crippen molar-refractivity contribution in [3.63, 3.8) is 0 Å². The number of rotatable bonds is 6. The highest BCUT2D eigenvalue weighted by molar-refractivity contribution is 5.95. The average Bonchev–Trinajstić information content (AvgIpc) is 3.24. The van der Waals surface area contributed by atoms with Crippen molar-refractivity contribution in [3.8, 4) is 11.4 Å². The van der Waals surface area contributed by atoms with E-state index in [0.29, 0.717) is 5.75 Å². The highest BCUT2D eigenvalue weighted by Crippen LogP contribution is 2.25. The highest BCUT2D eigenvalue weighted by Gasteiger charge is 2.23. The first-order valence-corrected chi connectivity index (χ1v) is 9.77. The summed E-state index contributed by atoms with van der Waals surface area (Å²) in [6.07, 6.45) is 1.72. The summed E-state index contributed by atoms with van der Waals surface area (Å²) in [5.41, 5.74) is 4.26. The Kier molecular flexibility index (Phi) is 5.61. The molecule has 0 aliphatic heterocycles. The molecule has 3 aromatic carbocycles. The minimum absolute atomic E-state index is 0.245. The van der Waals surface area contributed by atoms with Gasteiger partial charge in [0.05, 0.1) is 25.0 Å². The fourth-order valence-electron chi connectivity index (χ4n) is 3.34. The largest absolute Gasteiger partial charge is 0.493 e. The van der Waals surface area contributed by atoms with Gasteiger partial charge in [0.25, 0.3) is 5.91 Å². The van der Waals surface area contributed by atoms with Gasteiger partial charge in [-0.15, -0.1) is 0 Å². The van der Waals surface area contributed by atoms with E-state index in [-0.39, 0.29) is 17.6 Å². The smallest absolute Gasteiger partial charge is 0.276 e. The van der Waals surface area contributed by atoms with Gasteiger partial charge in [0.1, 0.15) is 0 Å². The summed E-state index contributed by atoms with van der Waals surface area (Å²) in [6.45, 7) is 2.04. The lowest BCUT2D eigenvalue weighted by atomic mass is 9.97. The second-order valence-electron chi connectivity index (χ2n) is 7.05. The molecule has 0 saturated heterocycles. The SMILES string of the molecule is COc1cn(-c2ccccc2)nc1C(=O)NC(c1ccccc1)c1ccc(C)cc1. The van der Waals surface area contributed by atoms with Crippen LogP contribution >= 0.6 is 0 Å². The molecule has 5 heteroatoms. The molecule has 5 nitrogen and oxygen atoms in total. The first-order valence-electron chi connectivity index (χ1n) is 9.77. The topological polar surface area (TPSA) is 56.2 Å². The molecule has 1 amide bonds. The number of hydrogen-bond acceptors (Lipinski definition) is 3. The van der Waals surface area contributed by atoms with Crippen LogP contribution < -0.4 is 10.1 Å². The Morgan fingerprint density at radius 3 is 2.13 bits per heavy atom. The van der Waals surface area contributed by atoms with Crippen molar-refractivity contribution in [2.45, 2.75) is 13.0 Å². The van der Waals surface area contributed by atoms with Gasteiger partial charge in [-0.1, -0.05) is 78.4 Å². The van der Waals surface area contributed by atoms with E-state index in [1.165, 1.54) is 12.7 Å². The summed E-state index contributed by atoms with van der Waals surface area (Å²) in [6, 6.07) is 27.4. The van der Waals surface area contributed by atoms with Crippen molar-refractivity contribution >= 4 is 5.91 Å². The van der Waals surface area contributed by atoms with E-state index >= 15 is 0 Å². The van der Waals surface area contributed by atoms with Crippen LogP contribution in [0, 0.1) is 6.92 Å². The minimum atomic E-state index is -0.300. The molecule has 1 aromatic heterocycles. The van der Waals surface area contributed by atoms with Crippen LogP contribution in [-0.4, -0.2) is 22.8 Å². The molecule has 0 spiro atoms. The van der Waals surface area contributed by atoms with E-state index in [1.54, 1.807) is 10.9 Å². The van der Waals surface area contributed by atoms with Gasteiger partial charge in [-0.2, -0.15) is 5.10 Å². The first-order chi connectivity index (χ1) is 14.7. The molecule has 0 bridgehead atoms. The maximum absolute atomic E-state index is 13.2. The molecule has 1 atom stereocenters. The van der Waals surface area contributed by atoms with Gasteiger partial charge >= 0.3 is 0 Å². The zero-order valence-electron chi connectivity index (χ0n) is 16.9. The predicted molar refractivity (Wildman–Crippen MR) is 117 cm³/mol. The van der Waals surface area contributed by atoms with Gasteiger partial charge in [-0.05, 0) is 30.2 Å². The predicted octanol–water partition coefficient (Wildman–Crippen LogP) is 4.71. The van der Waals surface area contributed by atoms with Crippen LogP contribution in [0.2, 0.25) is 0 Å². The molecular formula is C25H23N3O2. The molecule has 150 valence electrons. The summed E-state index contributed by atoms with van der Waals surface area (Å²) in [5.74, 6) is 0.128. The Balaban J connectivity index is 1.68. The summed E-state index contributed by atoms with van der Waals surface area (Å²) >= 11 is 0. The summed E-state index contributed by atoms with van der Waals surface area (Å²) in [5, 5.41) is 7.62. The van der Waals surface area contributed by atoms with Crippen LogP contribution in [-0.2, 0) is 0 Å². The molecule has 1 heterocycles. The number of benzene rings is 3. The molecule has 0 aliphatic rings. The van der Waals surface area contributed by atoms with Crippen LogP contribution in [0.4, 0.5) is 0 Å². The number of hydrogen-bond donors (Lipinski definition) is 1. The third kappa shape index (κ3) is 4.10. The number of ether oxygens (including phenoxy) is 1. The zero-order valence-corrected chi connectivity index (χ0v) is 16.9. The molecule has 1 N–H and O–H groups in total. The van der Waals surface area contributed by atoms with Crippen molar-refractivity contribution in [1.82, 2.24) is 15.1 Å². The van der Waals surface area contributed by atoms with Gasteiger partial charge in [0.2, 0.25) is 0 Å². The zero-order chi connectivity index (χ0) is 20.9. The number of aromatic nitrogens is 2. The Bertz CT molecular complexity index is 1120. The number of methoxy groups -OCH3 is 1. The third-order valence-corrected chi connectivity index (χ3v) is 4.96. The van der Waals surface area contributed by atoms with E-state index in [9.17, 15) is 4.79 Å². The van der Waals surface area contributed by atoms with Crippen molar-refractivity contribution in [3.05, 3.63) is 114 Å². The molecule has 30 heavy (non-hydrogen) atoms. The van der Waals surface area contributed by atoms with Crippen molar-refractivity contribution < 1.29 is 9.53 Å². The van der Waals surface area contributed by atoms with Crippen LogP contribution in [0.3, 0.4) is 0 Å². The maximum Gasteiger partial charge on any atom is 0.276 e. The fourth-order valence-corrected chi connectivity index (χ4v) is 3.34. The average molecular weight is 397 g/mol. The number of nitrogens with one attached hydrogen (secondary N) is 1. The lowest BCUT2D eigenvalue weighted by Crippen LogP contribution is -2.30. The number of carbonyl (C=O) groups excluding carboxylic acids is 1. The van der Waals surface area contributed by atoms with E-state index in [1.807, 2.05) is 91.9 Å². The van der Waals surface area contributed by atoms with Gasteiger partial charge in [0.15, 0.2) is 11.4 Å². The Hall–Kier alpha value is -3.86. The van der Waals surface area contributed by atoms with Crippen LogP contribution in [0.1, 0.15) is 33.2 Å². The maximum atomic E-state index is 13.2. The fraction of sp³-hybridized carbons (Fsp3) is 0.120. The Morgan fingerprint density at radius 2 is 1.50 bits per heavy atom. The lowest BCUT2D eigenvalue weighted by molar-refractivity contribution is 0.0934. The Morgan fingerprint density at radius 1 is 0.900 bits per heavy atom. The van der Waals surface area contributed by atoms with Gasteiger partial charge < -0.3 is 10.1 Å².